The Morgan fingerprint density at radius 3 is 1.58 bits per heavy atom. The van der Waals surface area contributed by atoms with Gasteiger partial charge in [0.25, 0.3) is 0 Å². The molecule has 0 saturated carbocycles. The van der Waals surface area contributed by atoms with Gasteiger partial charge in [0.05, 0.1) is 7.85 Å². The first-order valence-corrected chi connectivity index (χ1v) is 7.18. The van der Waals surface area contributed by atoms with E-state index >= 15 is 0 Å². The number of benzene rings is 1. The van der Waals surface area contributed by atoms with Crippen LogP contribution in [-0.4, -0.2) is 14.1 Å². The Labute approximate surface area is 119 Å². The Morgan fingerprint density at radius 2 is 1.32 bits per heavy atom. The molecular formula is C17H25BO. The molecule has 1 aromatic rings. The second-order valence-corrected chi connectivity index (χ2v) is 6.24. The summed E-state index contributed by atoms with van der Waals surface area (Å²) in [6, 6.07) is 4.44. The first kappa shape index (κ1) is 16.0. The van der Waals surface area contributed by atoms with Gasteiger partial charge in [0.2, 0.25) is 0 Å². The summed E-state index contributed by atoms with van der Waals surface area (Å²) in [5.41, 5.74) is 4.79. The van der Waals surface area contributed by atoms with Crippen molar-refractivity contribution in [2.24, 2.45) is 0 Å². The van der Waals surface area contributed by atoms with Crippen molar-refractivity contribution in [2.45, 2.75) is 65.1 Å². The lowest BCUT2D eigenvalue weighted by atomic mass is 9.73. The molecule has 102 valence electrons. The molecular weight excluding hydrogens is 231 g/mol. The summed E-state index contributed by atoms with van der Waals surface area (Å²) in [5, 5.41) is 0. The van der Waals surface area contributed by atoms with Crippen molar-refractivity contribution in [3.8, 4) is 0 Å². The van der Waals surface area contributed by atoms with Gasteiger partial charge in [-0.3, -0.25) is 0 Å². The number of hydrogen-bond acceptors (Lipinski definition) is 1. The van der Waals surface area contributed by atoms with Crippen LogP contribution in [0.5, 0.6) is 0 Å². The third-order valence-electron chi connectivity index (χ3n) is 3.66. The molecule has 2 radical (unpaired) electrons. The van der Waals surface area contributed by atoms with Crippen LogP contribution < -0.4 is 0 Å². The summed E-state index contributed by atoms with van der Waals surface area (Å²) in [6.45, 7) is 13.0. The zero-order valence-electron chi connectivity index (χ0n) is 13.0. The Kier molecular flexibility index (Phi) is 5.40. The second kappa shape index (κ2) is 6.41. The molecule has 0 aliphatic carbocycles. The highest BCUT2D eigenvalue weighted by atomic mass is 16.1. The molecule has 0 aliphatic heterocycles. The normalized spacial score (nSPS) is 13.3. The second-order valence-electron chi connectivity index (χ2n) is 6.24. The minimum absolute atomic E-state index is 0.372. The zero-order chi connectivity index (χ0) is 14.7. The highest BCUT2D eigenvalue weighted by Gasteiger charge is 2.20. The lowest BCUT2D eigenvalue weighted by molar-refractivity contribution is -0.107. The summed E-state index contributed by atoms with van der Waals surface area (Å²) in [6.07, 6.45) is 0.849. The van der Waals surface area contributed by atoms with Crippen molar-refractivity contribution in [2.75, 3.05) is 0 Å². The van der Waals surface area contributed by atoms with Crippen molar-refractivity contribution in [1.29, 1.82) is 0 Å². The van der Waals surface area contributed by atoms with Crippen molar-refractivity contribution in [3.63, 3.8) is 0 Å². The molecule has 0 N–H and O–H groups in total. The minimum atomic E-state index is -0.518. The molecule has 0 saturated heterocycles. The van der Waals surface area contributed by atoms with Crippen molar-refractivity contribution in [3.05, 3.63) is 34.4 Å². The van der Waals surface area contributed by atoms with E-state index in [1.807, 2.05) is 0 Å². The average Bonchev–Trinajstić information content (AvgIpc) is 2.35. The monoisotopic (exact) mass is 256 g/mol. The molecule has 1 rings (SSSR count). The van der Waals surface area contributed by atoms with Gasteiger partial charge in [-0.1, -0.05) is 53.7 Å². The van der Waals surface area contributed by atoms with E-state index in [-0.39, 0.29) is 0 Å². The maximum Gasteiger partial charge on any atom is 0.118 e. The number of aldehydes is 1. The predicted octanol–water partition coefficient (Wildman–Crippen LogP) is 4.47. The zero-order valence-corrected chi connectivity index (χ0v) is 13.0. The molecule has 19 heavy (non-hydrogen) atoms. The summed E-state index contributed by atoms with van der Waals surface area (Å²) in [4.78, 5) is 11.1. The van der Waals surface area contributed by atoms with Gasteiger partial charge in [0, 0.05) is 5.82 Å². The Hall–Kier alpha value is -1.05. The molecule has 1 unspecified atom stereocenters. The molecule has 0 fully saturated rings. The number of carbonyl (C=O) groups is 1. The first-order chi connectivity index (χ1) is 8.79. The quantitative estimate of drug-likeness (QED) is 0.561. The number of rotatable bonds is 5. The summed E-state index contributed by atoms with van der Waals surface area (Å²) in [7, 11) is 6.03. The van der Waals surface area contributed by atoms with Crippen LogP contribution >= 0.6 is 0 Å². The van der Waals surface area contributed by atoms with Gasteiger partial charge in [-0.25, -0.2) is 0 Å². The maximum atomic E-state index is 11.1. The Balaban J connectivity index is 3.60. The summed E-state index contributed by atoms with van der Waals surface area (Å²) in [5.74, 6) is 0.710. The first-order valence-electron chi connectivity index (χ1n) is 7.18. The van der Waals surface area contributed by atoms with Crippen LogP contribution in [0.1, 0.15) is 87.4 Å². The molecule has 0 bridgehead atoms. The highest BCUT2D eigenvalue weighted by molar-refractivity contribution is 6.20. The van der Waals surface area contributed by atoms with E-state index in [0.717, 1.165) is 11.8 Å². The van der Waals surface area contributed by atoms with E-state index in [2.05, 4.69) is 53.7 Å². The fourth-order valence-electron chi connectivity index (χ4n) is 2.46. The molecule has 0 amide bonds. The van der Waals surface area contributed by atoms with Crippen LogP contribution in [0.15, 0.2) is 12.1 Å². The van der Waals surface area contributed by atoms with Crippen molar-refractivity contribution in [1.82, 2.24) is 0 Å². The molecule has 0 spiro atoms. The average molecular weight is 256 g/mol. The lowest BCUT2D eigenvalue weighted by Gasteiger charge is -2.24. The van der Waals surface area contributed by atoms with Gasteiger partial charge >= 0.3 is 0 Å². The lowest BCUT2D eigenvalue weighted by Crippen LogP contribution is -2.12. The number of carbonyl (C=O) groups excluding carboxylic acids is 1. The summed E-state index contributed by atoms with van der Waals surface area (Å²) >= 11 is 0. The van der Waals surface area contributed by atoms with Crippen LogP contribution in [-0.2, 0) is 4.79 Å². The topological polar surface area (TPSA) is 17.1 Å². The van der Waals surface area contributed by atoms with Crippen molar-refractivity contribution >= 4 is 14.1 Å². The van der Waals surface area contributed by atoms with Gasteiger partial charge < -0.3 is 4.79 Å². The number of hydrogen-bond donors (Lipinski definition) is 0. The molecule has 0 heterocycles. The molecule has 0 aromatic heterocycles. The van der Waals surface area contributed by atoms with E-state index < -0.39 is 5.82 Å². The highest BCUT2D eigenvalue weighted by Crippen LogP contribution is 2.34. The van der Waals surface area contributed by atoms with Crippen molar-refractivity contribution < 1.29 is 4.79 Å². The van der Waals surface area contributed by atoms with Crippen LogP contribution in [0.2, 0.25) is 0 Å². The third-order valence-corrected chi connectivity index (χ3v) is 3.66. The van der Waals surface area contributed by atoms with Gasteiger partial charge in [-0.15, -0.1) is 0 Å². The minimum Gasteiger partial charge on any atom is -0.304 e. The fraction of sp³-hybridized carbons (Fsp3) is 0.588. The van der Waals surface area contributed by atoms with Gasteiger partial charge in [-0.2, -0.15) is 0 Å². The molecule has 0 aliphatic rings. The van der Waals surface area contributed by atoms with Crippen LogP contribution in [0.3, 0.4) is 0 Å². The smallest absolute Gasteiger partial charge is 0.118 e. The molecule has 1 nitrogen and oxygen atoms in total. The van der Waals surface area contributed by atoms with Crippen LogP contribution in [0.25, 0.3) is 0 Å². The largest absolute Gasteiger partial charge is 0.304 e. The van der Waals surface area contributed by atoms with E-state index in [1.165, 1.54) is 16.7 Å². The fourth-order valence-corrected chi connectivity index (χ4v) is 2.46. The molecule has 1 atom stereocenters. The Bertz CT molecular complexity index is 418. The van der Waals surface area contributed by atoms with Crippen LogP contribution in [0.4, 0.5) is 0 Å². The third kappa shape index (κ3) is 3.49. The van der Waals surface area contributed by atoms with Gasteiger partial charge in [0.1, 0.15) is 6.29 Å². The van der Waals surface area contributed by atoms with Gasteiger partial charge in [-0.05, 0) is 40.0 Å². The van der Waals surface area contributed by atoms with E-state index in [0.29, 0.717) is 17.8 Å². The van der Waals surface area contributed by atoms with E-state index in [1.54, 1.807) is 0 Å². The molecule has 2 heteroatoms. The summed E-state index contributed by atoms with van der Waals surface area (Å²) < 4.78 is 0. The Morgan fingerprint density at radius 1 is 0.895 bits per heavy atom. The maximum absolute atomic E-state index is 11.1. The standard InChI is InChI=1S/C17H25BO/c1-10(2)13-7-14(11(3)4)17(16(18)9-19)15(8-13)12(5)6/h7-12,16H,1-6H3. The molecule has 1 aromatic carbocycles. The van der Waals surface area contributed by atoms with E-state index in [9.17, 15) is 4.79 Å². The van der Waals surface area contributed by atoms with Crippen LogP contribution in [0, 0.1) is 0 Å². The predicted molar refractivity (Wildman–Crippen MR) is 83.3 cm³/mol. The SMILES string of the molecule is [B]C(C=O)c1c(C(C)C)cc(C(C)C)cc1C(C)C. The van der Waals surface area contributed by atoms with Gasteiger partial charge in [0.15, 0.2) is 0 Å². The van der Waals surface area contributed by atoms with E-state index in [4.69, 9.17) is 7.85 Å².